The third-order valence-corrected chi connectivity index (χ3v) is 3.37. The molecule has 1 N–H and O–H groups in total. The highest BCUT2D eigenvalue weighted by Gasteiger charge is 2.31. The molecule has 1 saturated carbocycles. The van der Waals surface area contributed by atoms with Crippen LogP contribution in [0.2, 0.25) is 0 Å². The monoisotopic (exact) mass is 241 g/mol. The molecule has 2 atom stereocenters. The minimum absolute atomic E-state index is 0.109. The van der Waals surface area contributed by atoms with E-state index in [0.29, 0.717) is 13.2 Å². The Balaban J connectivity index is 2.00. The summed E-state index contributed by atoms with van der Waals surface area (Å²) in [5, 5.41) is 9.90. The molecule has 2 unspecified atom stereocenters. The zero-order valence-corrected chi connectivity index (χ0v) is 10.1. The van der Waals surface area contributed by atoms with E-state index in [4.69, 9.17) is 9.47 Å². The molecule has 1 aliphatic carbocycles. The first kappa shape index (κ1) is 12.2. The molecule has 1 aliphatic heterocycles. The smallest absolute Gasteiger partial charge is 0.292 e. The lowest BCUT2D eigenvalue weighted by Gasteiger charge is -2.35. The van der Waals surface area contributed by atoms with Crippen LogP contribution >= 0.6 is 0 Å². The molecule has 1 heterocycles. The summed E-state index contributed by atoms with van der Waals surface area (Å²) in [6.45, 7) is 0.880. The van der Waals surface area contributed by atoms with E-state index in [1.807, 2.05) is 0 Å². The van der Waals surface area contributed by atoms with Gasteiger partial charge in [0.25, 0.3) is 5.91 Å². The SMILES string of the molecule is CN(C(=O)C1=COCCO1)C1CCCCC1O. The first-order chi connectivity index (χ1) is 8.20. The van der Waals surface area contributed by atoms with Gasteiger partial charge in [-0.15, -0.1) is 0 Å². The lowest BCUT2D eigenvalue weighted by atomic mass is 9.91. The predicted octanol–water partition coefficient (Wildman–Crippen LogP) is 0.636. The molecule has 0 aromatic carbocycles. The number of aliphatic hydroxyl groups excluding tert-OH is 1. The van der Waals surface area contributed by atoms with Crippen LogP contribution in [0.3, 0.4) is 0 Å². The van der Waals surface area contributed by atoms with Crippen LogP contribution in [0.4, 0.5) is 0 Å². The van der Waals surface area contributed by atoms with Crippen LogP contribution < -0.4 is 0 Å². The van der Waals surface area contributed by atoms with Gasteiger partial charge < -0.3 is 19.5 Å². The average Bonchev–Trinajstić information content (AvgIpc) is 2.39. The molecule has 0 radical (unpaired) electrons. The van der Waals surface area contributed by atoms with Gasteiger partial charge in [-0.1, -0.05) is 12.8 Å². The Morgan fingerprint density at radius 3 is 2.82 bits per heavy atom. The number of ether oxygens (including phenoxy) is 2. The predicted molar refractivity (Wildman–Crippen MR) is 61.0 cm³/mol. The minimum Gasteiger partial charge on any atom is -0.494 e. The third-order valence-electron chi connectivity index (χ3n) is 3.37. The second kappa shape index (κ2) is 5.40. The molecule has 2 rings (SSSR count). The van der Waals surface area contributed by atoms with Crippen LogP contribution in [-0.2, 0) is 14.3 Å². The molecule has 2 aliphatic rings. The molecule has 0 aromatic rings. The molecule has 5 heteroatoms. The normalized spacial score (nSPS) is 28.7. The van der Waals surface area contributed by atoms with Crippen molar-refractivity contribution in [3.63, 3.8) is 0 Å². The van der Waals surface area contributed by atoms with Crippen molar-refractivity contribution in [3.05, 3.63) is 12.0 Å². The van der Waals surface area contributed by atoms with Gasteiger partial charge in [-0.3, -0.25) is 4.79 Å². The highest BCUT2D eigenvalue weighted by molar-refractivity contribution is 5.91. The van der Waals surface area contributed by atoms with E-state index in [0.717, 1.165) is 25.7 Å². The van der Waals surface area contributed by atoms with Gasteiger partial charge in [0.2, 0.25) is 5.76 Å². The van der Waals surface area contributed by atoms with Gasteiger partial charge in [0.15, 0.2) is 0 Å². The number of nitrogens with zero attached hydrogens (tertiary/aromatic N) is 1. The number of rotatable bonds is 2. The van der Waals surface area contributed by atoms with Crippen LogP contribution in [0.1, 0.15) is 25.7 Å². The molecule has 17 heavy (non-hydrogen) atoms. The molecular weight excluding hydrogens is 222 g/mol. The fraction of sp³-hybridized carbons (Fsp3) is 0.750. The molecule has 5 nitrogen and oxygen atoms in total. The standard InChI is InChI=1S/C12H19NO4/c1-13(9-4-2-3-5-10(9)14)12(15)11-8-16-6-7-17-11/h8-10,14H,2-7H2,1H3. The van der Waals surface area contributed by atoms with Crippen LogP contribution in [0.15, 0.2) is 12.0 Å². The van der Waals surface area contributed by atoms with Gasteiger partial charge in [-0.2, -0.15) is 0 Å². The first-order valence-corrected chi connectivity index (χ1v) is 6.10. The highest BCUT2D eigenvalue weighted by Crippen LogP contribution is 2.23. The lowest BCUT2D eigenvalue weighted by Crippen LogP contribution is -2.47. The molecule has 1 fully saturated rings. The topological polar surface area (TPSA) is 59.0 Å². The van der Waals surface area contributed by atoms with Crippen LogP contribution in [0, 0.1) is 0 Å². The van der Waals surface area contributed by atoms with E-state index >= 15 is 0 Å². The van der Waals surface area contributed by atoms with E-state index in [-0.39, 0.29) is 17.7 Å². The average molecular weight is 241 g/mol. The van der Waals surface area contributed by atoms with Gasteiger partial charge in [0.1, 0.15) is 19.5 Å². The van der Waals surface area contributed by atoms with E-state index in [9.17, 15) is 9.90 Å². The van der Waals surface area contributed by atoms with E-state index in [1.165, 1.54) is 6.26 Å². The summed E-state index contributed by atoms with van der Waals surface area (Å²) in [5.74, 6) is 0.0205. The largest absolute Gasteiger partial charge is 0.494 e. The fourth-order valence-electron chi connectivity index (χ4n) is 2.35. The van der Waals surface area contributed by atoms with Gasteiger partial charge in [0.05, 0.1) is 12.1 Å². The number of hydrogen-bond donors (Lipinski definition) is 1. The summed E-state index contributed by atoms with van der Waals surface area (Å²) < 4.78 is 10.3. The Morgan fingerprint density at radius 1 is 1.41 bits per heavy atom. The molecule has 0 aromatic heterocycles. The second-order valence-electron chi connectivity index (χ2n) is 4.54. The van der Waals surface area contributed by atoms with Crippen molar-refractivity contribution in [3.8, 4) is 0 Å². The van der Waals surface area contributed by atoms with Crippen molar-refractivity contribution in [1.82, 2.24) is 4.90 Å². The Kier molecular flexibility index (Phi) is 3.89. The lowest BCUT2D eigenvalue weighted by molar-refractivity contribution is -0.136. The van der Waals surface area contributed by atoms with Gasteiger partial charge in [-0.25, -0.2) is 0 Å². The summed E-state index contributed by atoms with van der Waals surface area (Å²) in [7, 11) is 1.71. The van der Waals surface area contributed by atoms with Gasteiger partial charge >= 0.3 is 0 Å². The maximum absolute atomic E-state index is 12.1. The van der Waals surface area contributed by atoms with Crippen LogP contribution in [0.25, 0.3) is 0 Å². The maximum Gasteiger partial charge on any atom is 0.292 e. The number of carbonyl (C=O) groups excluding carboxylic acids is 1. The highest BCUT2D eigenvalue weighted by atomic mass is 16.6. The zero-order valence-electron chi connectivity index (χ0n) is 10.1. The molecular formula is C12H19NO4. The summed E-state index contributed by atoms with van der Waals surface area (Å²) in [4.78, 5) is 13.7. The molecule has 0 bridgehead atoms. The Morgan fingerprint density at radius 2 is 2.18 bits per heavy atom. The number of hydrogen-bond acceptors (Lipinski definition) is 4. The third kappa shape index (κ3) is 2.72. The Hall–Kier alpha value is -1.23. The van der Waals surface area contributed by atoms with Gasteiger partial charge in [0, 0.05) is 7.05 Å². The van der Waals surface area contributed by atoms with E-state index in [1.54, 1.807) is 11.9 Å². The maximum atomic E-state index is 12.1. The number of likely N-dealkylation sites (N-methyl/N-ethyl adjacent to an activating group) is 1. The fourth-order valence-corrected chi connectivity index (χ4v) is 2.35. The Bertz CT molecular complexity index is 316. The van der Waals surface area contributed by atoms with Gasteiger partial charge in [-0.05, 0) is 12.8 Å². The van der Waals surface area contributed by atoms with Crippen LogP contribution in [-0.4, -0.2) is 48.3 Å². The van der Waals surface area contributed by atoms with Crippen molar-refractivity contribution in [2.45, 2.75) is 37.8 Å². The van der Waals surface area contributed by atoms with Crippen molar-refractivity contribution < 1.29 is 19.4 Å². The Labute approximate surface area is 101 Å². The molecule has 1 amide bonds. The molecule has 96 valence electrons. The van der Waals surface area contributed by atoms with Crippen molar-refractivity contribution in [1.29, 1.82) is 0 Å². The van der Waals surface area contributed by atoms with Crippen molar-refractivity contribution >= 4 is 5.91 Å². The van der Waals surface area contributed by atoms with E-state index < -0.39 is 6.10 Å². The molecule has 0 spiro atoms. The van der Waals surface area contributed by atoms with Crippen molar-refractivity contribution in [2.24, 2.45) is 0 Å². The van der Waals surface area contributed by atoms with E-state index in [2.05, 4.69) is 0 Å². The molecule has 0 saturated heterocycles. The quantitative estimate of drug-likeness (QED) is 0.770. The number of carbonyl (C=O) groups is 1. The first-order valence-electron chi connectivity index (χ1n) is 6.10. The second-order valence-corrected chi connectivity index (χ2v) is 4.54. The summed E-state index contributed by atoms with van der Waals surface area (Å²) in [6.07, 6.45) is 4.62. The minimum atomic E-state index is -0.428. The summed E-state index contributed by atoms with van der Waals surface area (Å²) in [5.41, 5.74) is 0. The zero-order chi connectivity index (χ0) is 12.3. The number of amides is 1. The van der Waals surface area contributed by atoms with Crippen LogP contribution in [0.5, 0.6) is 0 Å². The summed E-state index contributed by atoms with van der Waals surface area (Å²) >= 11 is 0. The summed E-state index contributed by atoms with van der Waals surface area (Å²) in [6, 6.07) is -0.109. The van der Waals surface area contributed by atoms with Crippen molar-refractivity contribution in [2.75, 3.05) is 20.3 Å². The number of aliphatic hydroxyl groups is 1.